The Morgan fingerprint density at radius 2 is 1.79 bits per heavy atom. The van der Waals surface area contributed by atoms with Gasteiger partial charge in [0.05, 0.1) is 7.11 Å². The quantitative estimate of drug-likeness (QED) is 0.648. The molecule has 128 valence electrons. The van der Waals surface area contributed by atoms with Gasteiger partial charge in [-0.3, -0.25) is 4.79 Å². The van der Waals surface area contributed by atoms with Gasteiger partial charge in [-0.25, -0.2) is 17.6 Å². The van der Waals surface area contributed by atoms with Crippen molar-refractivity contribution in [1.82, 2.24) is 5.32 Å². The molecule has 4 nitrogen and oxygen atoms in total. The summed E-state index contributed by atoms with van der Waals surface area (Å²) >= 11 is 0. The van der Waals surface area contributed by atoms with Crippen LogP contribution in [0.1, 0.15) is 17.2 Å². The van der Waals surface area contributed by atoms with Gasteiger partial charge >= 0.3 is 0 Å². The number of methoxy groups -OCH3 is 1. The van der Waals surface area contributed by atoms with E-state index in [0.717, 1.165) is 0 Å². The average molecular weight is 343 g/mol. The zero-order chi connectivity index (χ0) is 17.9. The number of aliphatic hydroxyl groups excluding tert-OH is 1. The summed E-state index contributed by atoms with van der Waals surface area (Å²) in [4.78, 5) is 11.9. The van der Waals surface area contributed by atoms with Crippen molar-refractivity contribution in [3.63, 3.8) is 0 Å². The van der Waals surface area contributed by atoms with Crippen LogP contribution >= 0.6 is 0 Å². The van der Waals surface area contributed by atoms with Crippen molar-refractivity contribution in [2.45, 2.75) is 12.6 Å². The van der Waals surface area contributed by atoms with Gasteiger partial charge in [0.2, 0.25) is 0 Å². The lowest BCUT2D eigenvalue weighted by Crippen LogP contribution is -2.29. The first kappa shape index (κ1) is 17.7. The van der Waals surface area contributed by atoms with Gasteiger partial charge in [0.1, 0.15) is 5.75 Å². The Kier molecular flexibility index (Phi) is 5.40. The Balaban J connectivity index is 2.13. The van der Waals surface area contributed by atoms with Crippen LogP contribution in [-0.2, 0) is 11.3 Å². The number of ether oxygens (including phenoxy) is 1. The number of carbonyl (C=O) groups excluding carboxylic acids is 1. The van der Waals surface area contributed by atoms with Gasteiger partial charge < -0.3 is 15.2 Å². The van der Waals surface area contributed by atoms with Crippen LogP contribution in [0.15, 0.2) is 30.3 Å². The highest BCUT2D eigenvalue weighted by Crippen LogP contribution is 2.21. The molecule has 0 saturated carbocycles. The lowest BCUT2D eigenvalue weighted by atomic mass is 10.1. The average Bonchev–Trinajstić information content (AvgIpc) is 2.59. The normalized spacial score (nSPS) is 11.9. The first-order chi connectivity index (χ1) is 11.3. The van der Waals surface area contributed by atoms with Gasteiger partial charge in [0.15, 0.2) is 29.4 Å². The molecule has 0 aliphatic heterocycles. The molecule has 0 aliphatic carbocycles. The van der Waals surface area contributed by atoms with E-state index in [4.69, 9.17) is 4.74 Å². The van der Waals surface area contributed by atoms with E-state index in [1.165, 1.54) is 25.3 Å². The van der Waals surface area contributed by atoms with Crippen LogP contribution in [0.4, 0.5) is 17.6 Å². The van der Waals surface area contributed by atoms with Crippen LogP contribution in [0, 0.1) is 23.3 Å². The van der Waals surface area contributed by atoms with E-state index in [1.54, 1.807) is 6.07 Å². The van der Waals surface area contributed by atoms with Crippen molar-refractivity contribution in [1.29, 1.82) is 0 Å². The fourth-order valence-electron chi connectivity index (χ4n) is 2.01. The van der Waals surface area contributed by atoms with Gasteiger partial charge in [-0.1, -0.05) is 12.1 Å². The lowest BCUT2D eigenvalue weighted by molar-refractivity contribution is -0.129. The topological polar surface area (TPSA) is 58.6 Å². The fourth-order valence-corrected chi connectivity index (χ4v) is 2.01. The molecule has 1 atom stereocenters. The minimum absolute atomic E-state index is 0.0705. The van der Waals surface area contributed by atoms with Crippen molar-refractivity contribution in [3.05, 3.63) is 64.7 Å². The zero-order valence-corrected chi connectivity index (χ0v) is 12.4. The molecule has 0 aromatic heterocycles. The van der Waals surface area contributed by atoms with Crippen molar-refractivity contribution in [2.24, 2.45) is 0 Å². The number of aliphatic hydroxyl groups is 1. The third-order valence-electron chi connectivity index (χ3n) is 3.30. The van der Waals surface area contributed by atoms with Crippen molar-refractivity contribution < 1.29 is 32.2 Å². The third kappa shape index (κ3) is 3.65. The predicted octanol–water partition coefficient (Wildman–Crippen LogP) is 2.60. The van der Waals surface area contributed by atoms with E-state index in [-0.39, 0.29) is 11.6 Å². The summed E-state index contributed by atoms with van der Waals surface area (Å²) in [6, 6.07) is 6.03. The van der Waals surface area contributed by atoms with E-state index in [0.29, 0.717) is 5.75 Å². The number of hydrogen-bond acceptors (Lipinski definition) is 3. The van der Waals surface area contributed by atoms with E-state index in [9.17, 15) is 27.5 Å². The van der Waals surface area contributed by atoms with Gasteiger partial charge in [-0.05, 0) is 17.7 Å². The SMILES string of the molecule is COc1cccc([C@H](O)C(=O)NCc2c(F)c(F)cc(F)c2F)c1. The number of hydrogen-bond donors (Lipinski definition) is 2. The molecule has 0 bridgehead atoms. The number of rotatable bonds is 5. The second-order valence-corrected chi connectivity index (χ2v) is 4.84. The molecule has 0 aliphatic rings. The number of amides is 1. The maximum Gasteiger partial charge on any atom is 0.253 e. The maximum atomic E-state index is 13.5. The third-order valence-corrected chi connectivity index (χ3v) is 3.30. The van der Waals surface area contributed by atoms with Crippen LogP contribution in [0.3, 0.4) is 0 Å². The highest BCUT2D eigenvalue weighted by atomic mass is 19.2. The summed E-state index contributed by atoms with van der Waals surface area (Å²) in [6.45, 7) is -0.827. The van der Waals surface area contributed by atoms with Gasteiger partial charge in [-0.2, -0.15) is 0 Å². The zero-order valence-electron chi connectivity index (χ0n) is 12.4. The van der Waals surface area contributed by atoms with Crippen LogP contribution in [-0.4, -0.2) is 18.1 Å². The van der Waals surface area contributed by atoms with Crippen LogP contribution in [0.25, 0.3) is 0 Å². The first-order valence-electron chi connectivity index (χ1n) is 6.76. The van der Waals surface area contributed by atoms with Gasteiger partial charge in [-0.15, -0.1) is 0 Å². The highest BCUT2D eigenvalue weighted by molar-refractivity contribution is 5.82. The largest absolute Gasteiger partial charge is 0.497 e. The summed E-state index contributed by atoms with van der Waals surface area (Å²) in [5.74, 6) is -6.97. The molecule has 2 aromatic rings. The molecular weight excluding hydrogens is 330 g/mol. The standard InChI is InChI=1S/C16H13F4NO3/c1-24-9-4-2-3-8(5-9)15(22)16(23)21-7-10-13(19)11(17)6-12(18)14(10)20/h2-6,15,22H,7H2,1H3,(H,21,23)/t15-/m0/s1. The van der Waals surface area contributed by atoms with Gasteiger partial charge in [0.25, 0.3) is 5.91 Å². The Hall–Kier alpha value is -2.61. The molecule has 0 spiro atoms. The Labute approximate surface area is 134 Å². The minimum atomic E-state index is -1.65. The maximum absolute atomic E-state index is 13.5. The molecular formula is C16H13F4NO3. The Bertz CT molecular complexity index is 741. The Morgan fingerprint density at radius 3 is 2.38 bits per heavy atom. The fraction of sp³-hybridized carbons (Fsp3) is 0.188. The molecule has 2 aromatic carbocycles. The van der Waals surface area contributed by atoms with E-state index in [1.807, 2.05) is 5.32 Å². The van der Waals surface area contributed by atoms with E-state index >= 15 is 0 Å². The molecule has 1 amide bonds. The number of nitrogens with one attached hydrogen (secondary N) is 1. The van der Waals surface area contributed by atoms with E-state index in [2.05, 4.69) is 0 Å². The van der Waals surface area contributed by atoms with Crippen LogP contribution < -0.4 is 10.1 Å². The lowest BCUT2D eigenvalue weighted by Gasteiger charge is -2.13. The summed E-state index contributed by atoms with van der Waals surface area (Å²) < 4.78 is 58.1. The summed E-state index contributed by atoms with van der Waals surface area (Å²) in [6.07, 6.45) is -1.65. The molecule has 0 unspecified atom stereocenters. The predicted molar refractivity (Wildman–Crippen MR) is 76.1 cm³/mol. The summed E-state index contributed by atoms with van der Waals surface area (Å²) in [7, 11) is 1.40. The molecule has 8 heteroatoms. The molecule has 2 rings (SSSR count). The molecule has 0 radical (unpaired) electrons. The van der Waals surface area contributed by atoms with Crippen molar-refractivity contribution >= 4 is 5.91 Å². The van der Waals surface area contributed by atoms with Crippen molar-refractivity contribution in [3.8, 4) is 5.75 Å². The number of benzene rings is 2. The van der Waals surface area contributed by atoms with Crippen LogP contribution in [0.2, 0.25) is 0 Å². The van der Waals surface area contributed by atoms with Crippen molar-refractivity contribution in [2.75, 3.05) is 7.11 Å². The second kappa shape index (κ2) is 7.31. The summed E-state index contributed by atoms with van der Waals surface area (Å²) in [5.41, 5.74) is -0.795. The molecule has 0 saturated heterocycles. The smallest absolute Gasteiger partial charge is 0.253 e. The highest BCUT2D eigenvalue weighted by Gasteiger charge is 2.22. The second-order valence-electron chi connectivity index (χ2n) is 4.84. The van der Waals surface area contributed by atoms with E-state index < -0.39 is 47.4 Å². The Morgan fingerprint density at radius 1 is 1.17 bits per heavy atom. The number of carbonyl (C=O) groups is 1. The molecule has 0 fully saturated rings. The van der Waals surface area contributed by atoms with Crippen LogP contribution in [0.5, 0.6) is 5.75 Å². The molecule has 2 N–H and O–H groups in total. The first-order valence-corrected chi connectivity index (χ1v) is 6.76. The summed E-state index contributed by atoms with van der Waals surface area (Å²) in [5, 5.41) is 12.0. The number of halogens is 4. The molecule has 0 heterocycles. The molecule has 24 heavy (non-hydrogen) atoms. The minimum Gasteiger partial charge on any atom is -0.497 e. The monoisotopic (exact) mass is 343 g/mol. The van der Waals surface area contributed by atoms with Gasteiger partial charge in [0, 0.05) is 18.2 Å².